The number of benzene rings is 2. The molecule has 0 spiro atoms. The minimum atomic E-state index is -1.87. The van der Waals surface area contributed by atoms with Gasteiger partial charge in [0.15, 0.2) is 5.79 Å². The zero-order valence-corrected chi connectivity index (χ0v) is 28.5. The molecule has 0 saturated carbocycles. The van der Waals surface area contributed by atoms with Gasteiger partial charge < -0.3 is 30.9 Å². The van der Waals surface area contributed by atoms with Gasteiger partial charge in [-0.3, -0.25) is 14.0 Å². The van der Waals surface area contributed by atoms with Gasteiger partial charge in [-0.25, -0.2) is 9.97 Å². The fourth-order valence-electron chi connectivity index (χ4n) is 5.87. The standard InChI is InChI=1S/C36H36Cl2N6O5/c1-36(47,48)20-40-18-24-15-32(46)44-19-22(10-13-30(44)41-24)25-5-3-6-26(33(25)37)27-7-4-8-28(34(27)38)29-12-9-21(35(43-29)49-2)16-39-17-23-11-14-31(45)42-23/h3-10,12-13,15,19,23,39-40,47-48H,11,14,16-18,20H2,1-2H3,(H,42,45)/t23-/m0/s1. The van der Waals surface area contributed by atoms with Crippen molar-refractivity contribution >= 4 is 34.8 Å². The van der Waals surface area contributed by atoms with E-state index in [1.807, 2.05) is 54.6 Å². The van der Waals surface area contributed by atoms with Crippen LogP contribution in [0.15, 0.2) is 77.7 Å². The van der Waals surface area contributed by atoms with Crippen LogP contribution in [0.1, 0.15) is 31.0 Å². The van der Waals surface area contributed by atoms with Crippen LogP contribution in [0.3, 0.4) is 0 Å². The molecule has 0 bridgehead atoms. The van der Waals surface area contributed by atoms with Crippen LogP contribution in [0.25, 0.3) is 39.2 Å². The molecule has 4 heterocycles. The highest BCUT2D eigenvalue weighted by Crippen LogP contribution is 2.42. The van der Waals surface area contributed by atoms with Crippen LogP contribution < -0.4 is 26.2 Å². The molecule has 49 heavy (non-hydrogen) atoms. The van der Waals surface area contributed by atoms with Crippen LogP contribution in [0, 0.1) is 0 Å². The normalized spacial score (nSPS) is 14.7. The highest BCUT2D eigenvalue weighted by molar-refractivity contribution is 6.39. The number of rotatable bonds is 12. The van der Waals surface area contributed by atoms with Gasteiger partial charge in [0.1, 0.15) is 5.65 Å². The van der Waals surface area contributed by atoms with Crippen molar-refractivity contribution in [1.82, 2.24) is 30.3 Å². The van der Waals surface area contributed by atoms with Gasteiger partial charge in [0.25, 0.3) is 5.56 Å². The van der Waals surface area contributed by atoms with Crippen LogP contribution in [0.5, 0.6) is 5.88 Å². The number of aromatic nitrogens is 3. The summed E-state index contributed by atoms with van der Waals surface area (Å²) in [6, 6.07) is 20.3. The van der Waals surface area contributed by atoms with Gasteiger partial charge >= 0.3 is 0 Å². The van der Waals surface area contributed by atoms with Crippen LogP contribution in [-0.2, 0) is 17.9 Å². The molecule has 5 N–H and O–H groups in total. The van der Waals surface area contributed by atoms with Gasteiger partial charge in [0, 0.05) is 84.3 Å². The second kappa shape index (κ2) is 14.6. The van der Waals surface area contributed by atoms with Gasteiger partial charge in [-0.15, -0.1) is 0 Å². The smallest absolute Gasteiger partial charge is 0.258 e. The first-order valence-corrected chi connectivity index (χ1v) is 16.6. The second-order valence-electron chi connectivity index (χ2n) is 12.2. The number of ether oxygens (including phenoxy) is 1. The molecule has 13 heteroatoms. The fraction of sp³-hybridized carbons (Fsp3) is 0.278. The SMILES string of the molecule is COc1nc(-c2cccc(-c3cccc(-c4ccc5nc(CNCC(C)(O)O)cc(=O)n5c4)c3Cl)c2Cl)ccc1CNC[C@@H]1CCC(=O)N1. The number of carbonyl (C=O) groups is 1. The van der Waals surface area contributed by atoms with Crippen molar-refractivity contribution in [3.63, 3.8) is 0 Å². The van der Waals surface area contributed by atoms with Gasteiger partial charge in [0.2, 0.25) is 11.8 Å². The molecule has 0 aliphatic carbocycles. The summed E-state index contributed by atoms with van der Waals surface area (Å²) in [7, 11) is 1.58. The van der Waals surface area contributed by atoms with E-state index < -0.39 is 5.79 Å². The number of amides is 1. The molecular weight excluding hydrogens is 667 g/mol. The van der Waals surface area contributed by atoms with Crippen molar-refractivity contribution in [3.8, 4) is 39.4 Å². The summed E-state index contributed by atoms with van der Waals surface area (Å²) < 4.78 is 7.07. The molecule has 1 atom stereocenters. The minimum absolute atomic E-state index is 0.0758. The van der Waals surface area contributed by atoms with E-state index in [2.05, 4.69) is 20.9 Å². The number of hydrogen-bond donors (Lipinski definition) is 5. The lowest BCUT2D eigenvalue weighted by atomic mass is 9.97. The molecule has 11 nitrogen and oxygen atoms in total. The van der Waals surface area contributed by atoms with Crippen molar-refractivity contribution in [1.29, 1.82) is 0 Å². The maximum atomic E-state index is 13.0. The largest absolute Gasteiger partial charge is 0.481 e. The van der Waals surface area contributed by atoms with Crippen molar-refractivity contribution in [2.75, 3.05) is 20.2 Å². The number of methoxy groups -OCH3 is 1. The number of aliphatic hydroxyl groups is 2. The Labute approximate surface area is 292 Å². The first-order valence-electron chi connectivity index (χ1n) is 15.8. The predicted molar refractivity (Wildman–Crippen MR) is 190 cm³/mol. The Bertz CT molecular complexity index is 2080. The van der Waals surface area contributed by atoms with E-state index in [0.717, 1.165) is 17.5 Å². The molecule has 0 radical (unpaired) electrons. The molecule has 6 rings (SSSR count). The number of halogens is 2. The molecule has 2 aromatic carbocycles. The second-order valence-corrected chi connectivity index (χ2v) is 12.9. The third-order valence-electron chi connectivity index (χ3n) is 8.28. The summed E-state index contributed by atoms with van der Waals surface area (Å²) in [6.45, 7) is 2.58. The van der Waals surface area contributed by atoms with Crippen LogP contribution >= 0.6 is 23.2 Å². The van der Waals surface area contributed by atoms with E-state index in [9.17, 15) is 19.8 Å². The number of hydrogen-bond acceptors (Lipinski definition) is 9. The fourth-order valence-corrected chi connectivity index (χ4v) is 6.53. The quantitative estimate of drug-likeness (QED) is 0.118. The summed E-state index contributed by atoms with van der Waals surface area (Å²) in [6.07, 6.45) is 3.07. The number of fused-ring (bicyclic) bond motifs is 1. The van der Waals surface area contributed by atoms with E-state index in [1.165, 1.54) is 17.4 Å². The minimum Gasteiger partial charge on any atom is -0.481 e. The van der Waals surface area contributed by atoms with E-state index in [4.69, 9.17) is 32.9 Å². The Kier molecular flexibility index (Phi) is 10.3. The third-order valence-corrected chi connectivity index (χ3v) is 9.09. The molecule has 1 amide bonds. The van der Waals surface area contributed by atoms with Crippen molar-refractivity contribution < 1.29 is 19.7 Å². The summed E-state index contributed by atoms with van der Waals surface area (Å²) in [5.74, 6) is -1.31. The zero-order valence-electron chi connectivity index (χ0n) is 27.0. The molecular formula is C36H36Cl2N6O5. The van der Waals surface area contributed by atoms with Crippen molar-refractivity contribution in [3.05, 3.63) is 105 Å². The average molecular weight is 704 g/mol. The Morgan fingerprint density at radius 3 is 2.35 bits per heavy atom. The molecule has 254 valence electrons. The summed E-state index contributed by atoms with van der Waals surface area (Å²) >= 11 is 14.1. The van der Waals surface area contributed by atoms with E-state index in [0.29, 0.717) is 74.7 Å². The lowest BCUT2D eigenvalue weighted by Crippen LogP contribution is -2.37. The van der Waals surface area contributed by atoms with Gasteiger partial charge in [-0.1, -0.05) is 65.7 Å². The number of pyridine rings is 2. The molecule has 1 saturated heterocycles. The molecule has 1 aliphatic heterocycles. The molecule has 1 fully saturated rings. The lowest BCUT2D eigenvalue weighted by Gasteiger charge is -2.16. The molecule has 5 aromatic rings. The summed E-state index contributed by atoms with van der Waals surface area (Å²) in [4.78, 5) is 33.8. The number of nitrogens with zero attached hydrogens (tertiary/aromatic N) is 3. The van der Waals surface area contributed by atoms with E-state index in [-0.39, 0.29) is 30.6 Å². The van der Waals surface area contributed by atoms with Crippen LogP contribution in [-0.4, -0.2) is 62.5 Å². The van der Waals surface area contributed by atoms with E-state index in [1.54, 1.807) is 19.4 Å². The summed E-state index contributed by atoms with van der Waals surface area (Å²) in [5, 5.41) is 29.2. The van der Waals surface area contributed by atoms with Gasteiger partial charge in [-0.2, -0.15) is 0 Å². The van der Waals surface area contributed by atoms with Gasteiger partial charge in [-0.05, 0) is 31.5 Å². The highest BCUT2D eigenvalue weighted by Gasteiger charge is 2.21. The zero-order chi connectivity index (χ0) is 34.7. The Hall–Kier alpha value is -4.36. The average Bonchev–Trinajstić information content (AvgIpc) is 3.49. The molecule has 0 unspecified atom stereocenters. The highest BCUT2D eigenvalue weighted by atomic mass is 35.5. The number of nitrogens with one attached hydrogen (secondary N) is 3. The summed E-state index contributed by atoms with van der Waals surface area (Å²) in [5.41, 5.74) is 5.72. The van der Waals surface area contributed by atoms with Crippen molar-refractivity contribution in [2.24, 2.45) is 0 Å². The van der Waals surface area contributed by atoms with Crippen LogP contribution in [0.2, 0.25) is 10.0 Å². The first-order chi connectivity index (χ1) is 23.5. The maximum absolute atomic E-state index is 13.0. The third kappa shape index (κ3) is 7.94. The molecule has 3 aromatic heterocycles. The van der Waals surface area contributed by atoms with E-state index >= 15 is 0 Å². The Morgan fingerprint density at radius 1 is 0.939 bits per heavy atom. The predicted octanol–water partition coefficient (Wildman–Crippen LogP) is 4.56. The van der Waals surface area contributed by atoms with Crippen molar-refractivity contribution in [2.45, 2.75) is 44.7 Å². The lowest BCUT2D eigenvalue weighted by molar-refractivity contribution is -0.140. The maximum Gasteiger partial charge on any atom is 0.258 e. The van der Waals surface area contributed by atoms with Crippen LogP contribution in [0.4, 0.5) is 0 Å². The Balaban J connectivity index is 1.25. The Morgan fingerprint density at radius 2 is 1.65 bits per heavy atom. The molecule has 1 aliphatic rings. The van der Waals surface area contributed by atoms with Gasteiger partial charge in [0.05, 0.1) is 28.5 Å². The monoisotopic (exact) mass is 702 g/mol. The number of carbonyl (C=O) groups excluding carboxylic acids is 1. The first kappa shape index (κ1) is 34.5. The topological polar surface area (TPSA) is 150 Å².